The fourth-order valence-corrected chi connectivity index (χ4v) is 4.44. The third-order valence-electron chi connectivity index (χ3n) is 6.36. The SMILES string of the molecule is CC(=O)N1CCN(Cc2cccc(OCCCn3ccnc3)c2)CC(O)(COc2ccc(C)cc2)C1. The van der Waals surface area contributed by atoms with Crippen molar-refractivity contribution in [2.45, 2.75) is 39.0 Å². The Morgan fingerprint density at radius 2 is 1.92 bits per heavy atom. The number of ether oxygens (including phenoxy) is 2. The van der Waals surface area contributed by atoms with Crippen molar-refractivity contribution in [2.75, 3.05) is 39.4 Å². The first-order chi connectivity index (χ1) is 17.4. The Hall–Kier alpha value is -3.36. The molecule has 3 aromatic rings. The monoisotopic (exact) mass is 492 g/mol. The molecule has 1 fully saturated rings. The molecule has 0 bridgehead atoms. The molecule has 0 radical (unpaired) electrons. The van der Waals surface area contributed by atoms with Crippen LogP contribution in [0.2, 0.25) is 0 Å². The first-order valence-electron chi connectivity index (χ1n) is 12.5. The van der Waals surface area contributed by atoms with Crippen molar-refractivity contribution in [3.63, 3.8) is 0 Å². The number of aliphatic hydroxyl groups is 1. The van der Waals surface area contributed by atoms with E-state index in [1.807, 2.05) is 66.5 Å². The number of nitrogens with zero attached hydrogens (tertiary/aromatic N) is 4. The minimum Gasteiger partial charge on any atom is -0.494 e. The van der Waals surface area contributed by atoms with Gasteiger partial charge in [0.2, 0.25) is 5.91 Å². The maximum atomic E-state index is 12.2. The van der Waals surface area contributed by atoms with Crippen LogP contribution in [0.5, 0.6) is 11.5 Å². The highest BCUT2D eigenvalue weighted by Crippen LogP contribution is 2.21. The number of benzene rings is 2. The van der Waals surface area contributed by atoms with Crippen molar-refractivity contribution >= 4 is 5.91 Å². The lowest BCUT2D eigenvalue weighted by Gasteiger charge is -2.32. The summed E-state index contributed by atoms with van der Waals surface area (Å²) >= 11 is 0. The topological polar surface area (TPSA) is 80.1 Å². The van der Waals surface area contributed by atoms with Crippen molar-refractivity contribution in [2.24, 2.45) is 0 Å². The molecule has 2 aromatic carbocycles. The molecule has 1 aromatic heterocycles. The molecule has 1 amide bonds. The molecule has 2 heterocycles. The summed E-state index contributed by atoms with van der Waals surface area (Å²) in [6.07, 6.45) is 6.42. The number of β-amino-alcohol motifs (C(OH)–C–C–N with tert-alkyl or cyclic N) is 1. The number of imidazole rings is 1. The average Bonchev–Trinajstić information content (AvgIpc) is 3.32. The quantitative estimate of drug-likeness (QED) is 0.438. The highest BCUT2D eigenvalue weighted by molar-refractivity contribution is 5.73. The zero-order valence-electron chi connectivity index (χ0n) is 21.2. The van der Waals surface area contributed by atoms with Crippen LogP contribution in [-0.2, 0) is 17.9 Å². The van der Waals surface area contributed by atoms with Crippen LogP contribution in [0, 0.1) is 6.92 Å². The van der Waals surface area contributed by atoms with Crippen LogP contribution in [-0.4, -0.2) is 75.4 Å². The molecule has 0 spiro atoms. The van der Waals surface area contributed by atoms with Gasteiger partial charge in [-0.15, -0.1) is 0 Å². The second-order valence-corrected chi connectivity index (χ2v) is 9.63. The van der Waals surface area contributed by atoms with Crippen LogP contribution in [0.4, 0.5) is 0 Å². The summed E-state index contributed by atoms with van der Waals surface area (Å²) in [6.45, 7) is 7.68. The number of aromatic nitrogens is 2. The molecule has 8 heteroatoms. The number of hydrogen-bond acceptors (Lipinski definition) is 6. The van der Waals surface area contributed by atoms with Crippen LogP contribution in [0.3, 0.4) is 0 Å². The lowest BCUT2D eigenvalue weighted by molar-refractivity contribution is -0.132. The summed E-state index contributed by atoms with van der Waals surface area (Å²) in [7, 11) is 0. The highest BCUT2D eigenvalue weighted by Gasteiger charge is 2.36. The summed E-state index contributed by atoms with van der Waals surface area (Å²) in [5.74, 6) is 1.49. The van der Waals surface area contributed by atoms with Gasteiger partial charge in [-0.2, -0.15) is 0 Å². The maximum absolute atomic E-state index is 12.2. The maximum Gasteiger partial charge on any atom is 0.219 e. The summed E-state index contributed by atoms with van der Waals surface area (Å²) in [4.78, 5) is 20.1. The number of amides is 1. The van der Waals surface area contributed by atoms with Gasteiger partial charge in [0.1, 0.15) is 23.7 Å². The van der Waals surface area contributed by atoms with E-state index < -0.39 is 5.60 Å². The predicted molar refractivity (Wildman–Crippen MR) is 138 cm³/mol. The molecule has 1 N–H and O–H groups in total. The largest absolute Gasteiger partial charge is 0.494 e. The van der Waals surface area contributed by atoms with E-state index in [-0.39, 0.29) is 19.1 Å². The lowest BCUT2D eigenvalue weighted by Crippen LogP contribution is -2.51. The highest BCUT2D eigenvalue weighted by atomic mass is 16.5. The molecule has 1 unspecified atom stereocenters. The van der Waals surface area contributed by atoms with Gasteiger partial charge in [0, 0.05) is 52.0 Å². The van der Waals surface area contributed by atoms with Crippen LogP contribution >= 0.6 is 0 Å². The predicted octanol–water partition coefficient (Wildman–Crippen LogP) is 3.13. The molecule has 1 saturated heterocycles. The normalized spacial score (nSPS) is 18.6. The average molecular weight is 493 g/mol. The molecule has 0 saturated carbocycles. The third-order valence-corrected chi connectivity index (χ3v) is 6.36. The molecule has 4 rings (SSSR count). The van der Waals surface area contributed by atoms with Gasteiger partial charge in [-0.1, -0.05) is 29.8 Å². The van der Waals surface area contributed by atoms with E-state index in [1.165, 1.54) is 0 Å². The Morgan fingerprint density at radius 3 is 2.67 bits per heavy atom. The van der Waals surface area contributed by atoms with Crippen LogP contribution in [0.15, 0.2) is 67.3 Å². The van der Waals surface area contributed by atoms with Crippen molar-refractivity contribution in [3.8, 4) is 11.5 Å². The standard InChI is InChI=1S/C28H36N4O4/c1-23-7-9-26(10-8-23)36-21-28(34)19-31(14-15-32(20-28)24(2)33)18-25-5-3-6-27(17-25)35-16-4-12-30-13-11-29-22-30/h3,5-11,13,17,22,34H,4,12,14-16,18-21H2,1-2H3. The van der Waals surface area contributed by atoms with Crippen molar-refractivity contribution in [1.29, 1.82) is 0 Å². The molecule has 8 nitrogen and oxygen atoms in total. The van der Waals surface area contributed by atoms with Crippen molar-refractivity contribution < 1.29 is 19.4 Å². The van der Waals surface area contributed by atoms with Gasteiger partial charge >= 0.3 is 0 Å². The Kier molecular flexibility index (Phi) is 8.61. The van der Waals surface area contributed by atoms with E-state index in [2.05, 4.69) is 16.0 Å². The second kappa shape index (κ2) is 12.1. The number of aryl methyl sites for hydroxylation is 2. The van der Waals surface area contributed by atoms with Gasteiger partial charge in [-0.05, 0) is 43.2 Å². The lowest BCUT2D eigenvalue weighted by atomic mass is 10.0. The molecular weight excluding hydrogens is 456 g/mol. The summed E-state index contributed by atoms with van der Waals surface area (Å²) < 4.78 is 14.0. The Labute approximate surface area is 213 Å². The summed E-state index contributed by atoms with van der Waals surface area (Å²) in [6, 6.07) is 15.8. The Morgan fingerprint density at radius 1 is 1.08 bits per heavy atom. The number of carbonyl (C=O) groups excluding carboxylic acids is 1. The van der Waals surface area contributed by atoms with Gasteiger partial charge in [0.25, 0.3) is 0 Å². The zero-order chi connectivity index (χ0) is 25.4. The number of hydrogen-bond donors (Lipinski definition) is 1. The van der Waals surface area contributed by atoms with Gasteiger partial charge in [-0.25, -0.2) is 4.98 Å². The molecule has 1 aliphatic heterocycles. The van der Waals surface area contributed by atoms with Crippen LogP contribution in [0.25, 0.3) is 0 Å². The molecule has 1 atom stereocenters. The Balaban J connectivity index is 1.36. The minimum atomic E-state index is -1.19. The second-order valence-electron chi connectivity index (χ2n) is 9.63. The van der Waals surface area contributed by atoms with Gasteiger partial charge in [-0.3, -0.25) is 9.69 Å². The smallest absolute Gasteiger partial charge is 0.219 e. The summed E-state index contributed by atoms with van der Waals surface area (Å²) in [5, 5.41) is 11.5. The fraction of sp³-hybridized carbons (Fsp3) is 0.429. The van der Waals surface area contributed by atoms with Gasteiger partial charge in [0.15, 0.2) is 0 Å². The van der Waals surface area contributed by atoms with Gasteiger partial charge in [0.05, 0.1) is 19.5 Å². The number of carbonyl (C=O) groups is 1. The van der Waals surface area contributed by atoms with E-state index in [9.17, 15) is 9.90 Å². The van der Waals surface area contributed by atoms with E-state index in [4.69, 9.17) is 9.47 Å². The minimum absolute atomic E-state index is 0.0447. The van der Waals surface area contributed by atoms with E-state index in [0.29, 0.717) is 38.5 Å². The summed E-state index contributed by atoms with van der Waals surface area (Å²) in [5.41, 5.74) is 1.06. The number of rotatable bonds is 10. The van der Waals surface area contributed by atoms with E-state index >= 15 is 0 Å². The Bertz CT molecular complexity index is 1100. The first kappa shape index (κ1) is 25.7. The molecule has 36 heavy (non-hydrogen) atoms. The zero-order valence-corrected chi connectivity index (χ0v) is 21.2. The van der Waals surface area contributed by atoms with Crippen LogP contribution < -0.4 is 9.47 Å². The van der Waals surface area contributed by atoms with Crippen molar-refractivity contribution in [1.82, 2.24) is 19.4 Å². The first-order valence-corrected chi connectivity index (χ1v) is 12.5. The molecule has 192 valence electrons. The van der Waals surface area contributed by atoms with Crippen LogP contribution in [0.1, 0.15) is 24.5 Å². The molecule has 0 aliphatic carbocycles. The van der Waals surface area contributed by atoms with Gasteiger partial charge < -0.3 is 24.0 Å². The third kappa shape index (κ3) is 7.57. The molecule has 1 aliphatic rings. The van der Waals surface area contributed by atoms with E-state index in [1.54, 1.807) is 18.0 Å². The molecular formula is C28H36N4O4. The van der Waals surface area contributed by atoms with Crippen molar-refractivity contribution in [3.05, 3.63) is 78.4 Å². The fourth-order valence-electron chi connectivity index (χ4n) is 4.44. The van der Waals surface area contributed by atoms with E-state index in [0.717, 1.165) is 29.8 Å².